The number of nitro groups is 1. The number of anilines is 2. The summed E-state index contributed by atoms with van der Waals surface area (Å²) in [5.41, 5.74) is 3.50. The SMILES string of the molecule is O=C1N(Cc2ccccc2)c2ccc(Br)cc2C12N=C(c1ccccc1)c1cc([N+](=O)[O-])ccc1N2. The van der Waals surface area contributed by atoms with Gasteiger partial charge in [-0.3, -0.25) is 14.9 Å². The van der Waals surface area contributed by atoms with Gasteiger partial charge in [0.05, 0.1) is 22.9 Å². The molecule has 7 nitrogen and oxygen atoms in total. The Kier molecular flexibility index (Phi) is 5.19. The van der Waals surface area contributed by atoms with Crippen molar-refractivity contribution in [3.8, 4) is 0 Å². The number of hydrogen-bond donors (Lipinski definition) is 1. The van der Waals surface area contributed by atoms with E-state index in [4.69, 9.17) is 4.99 Å². The third kappa shape index (κ3) is 3.49. The summed E-state index contributed by atoms with van der Waals surface area (Å²) in [6.07, 6.45) is 0. The van der Waals surface area contributed by atoms with Crippen LogP contribution < -0.4 is 10.2 Å². The van der Waals surface area contributed by atoms with Gasteiger partial charge in [0.25, 0.3) is 11.6 Å². The van der Waals surface area contributed by atoms with Gasteiger partial charge in [-0.05, 0) is 29.8 Å². The smallest absolute Gasteiger partial charge is 0.280 e. The molecular formula is C28H19BrN4O3. The van der Waals surface area contributed by atoms with Gasteiger partial charge in [0.2, 0.25) is 5.66 Å². The number of amides is 1. The summed E-state index contributed by atoms with van der Waals surface area (Å²) >= 11 is 3.56. The van der Waals surface area contributed by atoms with Crippen LogP contribution in [0.1, 0.15) is 22.3 Å². The van der Waals surface area contributed by atoms with Crippen LogP contribution in [0.25, 0.3) is 0 Å². The second kappa shape index (κ2) is 8.42. The molecule has 4 aromatic carbocycles. The molecule has 36 heavy (non-hydrogen) atoms. The largest absolute Gasteiger partial charge is 0.349 e. The zero-order valence-electron chi connectivity index (χ0n) is 18.9. The molecule has 0 bridgehead atoms. The molecule has 0 saturated carbocycles. The molecule has 176 valence electrons. The minimum Gasteiger partial charge on any atom is -0.349 e. The predicted octanol–water partition coefficient (Wildman–Crippen LogP) is 6.02. The summed E-state index contributed by atoms with van der Waals surface area (Å²) in [6, 6.07) is 29.6. The van der Waals surface area contributed by atoms with Crippen LogP contribution in [-0.2, 0) is 17.0 Å². The van der Waals surface area contributed by atoms with E-state index in [1.807, 2.05) is 78.9 Å². The van der Waals surface area contributed by atoms with Crippen molar-refractivity contribution in [3.63, 3.8) is 0 Å². The van der Waals surface area contributed by atoms with Gasteiger partial charge >= 0.3 is 0 Å². The molecule has 1 N–H and O–H groups in total. The van der Waals surface area contributed by atoms with Crippen molar-refractivity contribution < 1.29 is 9.72 Å². The van der Waals surface area contributed by atoms with E-state index < -0.39 is 10.6 Å². The Morgan fingerprint density at radius 1 is 0.944 bits per heavy atom. The summed E-state index contributed by atoms with van der Waals surface area (Å²) in [6.45, 7) is 0.390. The van der Waals surface area contributed by atoms with Gasteiger partial charge in [0.15, 0.2) is 0 Å². The predicted molar refractivity (Wildman–Crippen MR) is 142 cm³/mol. The molecule has 1 spiro atoms. The zero-order chi connectivity index (χ0) is 24.9. The van der Waals surface area contributed by atoms with Crippen molar-refractivity contribution >= 4 is 44.6 Å². The monoisotopic (exact) mass is 538 g/mol. The van der Waals surface area contributed by atoms with Gasteiger partial charge in [0.1, 0.15) is 0 Å². The summed E-state index contributed by atoms with van der Waals surface area (Å²) in [5.74, 6) is -0.211. The summed E-state index contributed by atoms with van der Waals surface area (Å²) in [4.78, 5) is 32.1. The Labute approximate surface area is 215 Å². The highest BCUT2D eigenvalue weighted by atomic mass is 79.9. The highest BCUT2D eigenvalue weighted by Gasteiger charge is 2.53. The van der Waals surface area contributed by atoms with Crippen molar-refractivity contribution in [3.05, 3.63) is 134 Å². The van der Waals surface area contributed by atoms with Gasteiger partial charge in [-0.2, -0.15) is 0 Å². The van der Waals surface area contributed by atoms with E-state index in [1.54, 1.807) is 11.0 Å². The fraction of sp³-hybridized carbons (Fsp3) is 0.0714. The fourth-order valence-corrected chi connectivity index (χ4v) is 5.18. The lowest BCUT2D eigenvalue weighted by atomic mass is 9.92. The van der Waals surface area contributed by atoms with E-state index in [-0.39, 0.29) is 11.6 Å². The second-order valence-electron chi connectivity index (χ2n) is 8.69. The van der Waals surface area contributed by atoms with Crippen LogP contribution in [0.4, 0.5) is 17.1 Å². The van der Waals surface area contributed by atoms with Crippen LogP contribution in [0.2, 0.25) is 0 Å². The van der Waals surface area contributed by atoms with E-state index in [0.29, 0.717) is 23.5 Å². The number of nitrogens with zero attached hydrogens (tertiary/aromatic N) is 3. The molecule has 2 aliphatic rings. The van der Waals surface area contributed by atoms with Crippen molar-refractivity contribution in [1.29, 1.82) is 0 Å². The average Bonchev–Trinajstić information content (AvgIpc) is 3.11. The molecule has 2 heterocycles. The first-order chi connectivity index (χ1) is 17.5. The van der Waals surface area contributed by atoms with Crippen LogP contribution in [0.5, 0.6) is 0 Å². The molecule has 0 aliphatic carbocycles. The highest BCUT2D eigenvalue weighted by molar-refractivity contribution is 9.10. The molecule has 1 amide bonds. The van der Waals surface area contributed by atoms with Crippen LogP contribution >= 0.6 is 15.9 Å². The molecule has 2 aliphatic heterocycles. The Bertz CT molecular complexity index is 1560. The number of aliphatic imine (C=N–C) groups is 1. The highest BCUT2D eigenvalue weighted by Crippen LogP contribution is 2.48. The molecule has 0 saturated heterocycles. The van der Waals surface area contributed by atoms with Gasteiger partial charge < -0.3 is 10.2 Å². The zero-order valence-corrected chi connectivity index (χ0v) is 20.5. The summed E-state index contributed by atoms with van der Waals surface area (Å²) in [7, 11) is 0. The van der Waals surface area contributed by atoms with E-state index >= 15 is 0 Å². The molecular weight excluding hydrogens is 520 g/mol. The van der Waals surface area contributed by atoms with E-state index in [9.17, 15) is 14.9 Å². The van der Waals surface area contributed by atoms with Crippen molar-refractivity contribution in [2.75, 3.05) is 10.2 Å². The molecule has 0 fully saturated rings. The standard InChI is InChI=1S/C28H19BrN4O3/c29-20-11-14-25-23(15-20)28(27(34)32(25)17-18-7-3-1-4-8-18)30-24-13-12-21(33(35)36)16-22(24)26(31-28)19-9-5-2-6-10-19/h1-16,30H,17H2. The van der Waals surface area contributed by atoms with Gasteiger partial charge in [-0.1, -0.05) is 76.6 Å². The molecule has 1 unspecified atom stereocenters. The maximum atomic E-state index is 14.2. The Morgan fingerprint density at radius 2 is 1.67 bits per heavy atom. The first-order valence-electron chi connectivity index (χ1n) is 11.3. The Hall–Kier alpha value is -4.30. The lowest BCUT2D eigenvalue weighted by molar-refractivity contribution is -0.384. The normalized spacial score (nSPS) is 17.9. The molecule has 4 aromatic rings. The van der Waals surface area contributed by atoms with Crippen LogP contribution in [-0.4, -0.2) is 16.5 Å². The van der Waals surface area contributed by atoms with Crippen LogP contribution in [0.3, 0.4) is 0 Å². The van der Waals surface area contributed by atoms with Crippen LogP contribution in [0.15, 0.2) is 107 Å². The lowest BCUT2D eigenvalue weighted by Crippen LogP contribution is -2.47. The van der Waals surface area contributed by atoms with Crippen molar-refractivity contribution in [2.45, 2.75) is 12.2 Å². The maximum absolute atomic E-state index is 14.2. The van der Waals surface area contributed by atoms with Crippen molar-refractivity contribution in [1.82, 2.24) is 0 Å². The summed E-state index contributed by atoms with van der Waals surface area (Å²) in [5, 5.41) is 14.9. The third-order valence-electron chi connectivity index (χ3n) is 6.49. The van der Waals surface area contributed by atoms with Crippen molar-refractivity contribution in [2.24, 2.45) is 4.99 Å². The van der Waals surface area contributed by atoms with Gasteiger partial charge in [-0.25, -0.2) is 4.99 Å². The number of non-ortho nitro benzene ring substituents is 1. The second-order valence-corrected chi connectivity index (χ2v) is 9.60. The molecule has 6 rings (SSSR count). The fourth-order valence-electron chi connectivity index (χ4n) is 4.82. The minimum atomic E-state index is -1.41. The van der Waals surface area contributed by atoms with E-state index in [0.717, 1.165) is 26.9 Å². The number of hydrogen-bond acceptors (Lipinski definition) is 5. The molecule has 0 radical (unpaired) electrons. The number of nitro benzene ring substituents is 1. The Morgan fingerprint density at radius 3 is 2.39 bits per heavy atom. The number of carbonyl (C=O) groups is 1. The first-order valence-corrected chi connectivity index (χ1v) is 12.1. The quantitative estimate of drug-likeness (QED) is 0.254. The average molecular weight is 539 g/mol. The maximum Gasteiger partial charge on any atom is 0.280 e. The van der Waals surface area contributed by atoms with E-state index in [1.165, 1.54) is 12.1 Å². The molecule has 1 atom stereocenters. The Balaban J connectivity index is 1.58. The van der Waals surface area contributed by atoms with Gasteiger partial charge in [-0.15, -0.1) is 0 Å². The molecule has 8 heteroatoms. The first kappa shape index (κ1) is 22.2. The number of halogens is 1. The number of rotatable bonds is 4. The summed E-state index contributed by atoms with van der Waals surface area (Å²) < 4.78 is 0.822. The lowest BCUT2D eigenvalue weighted by Gasteiger charge is -2.33. The number of nitrogens with one attached hydrogen (secondary N) is 1. The minimum absolute atomic E-state index is 0.0401. The number of carbonyl (C=O) groups excluding carboxylic acids is 1. The third-order valence-corrected chi connectivity index (χ3v) is 6.98. The van der Waals surface area contributed by atoms with Gasteiger partial charge in [0, 0.05) is 39.0 Å². The van der Waals surface area contributed by atoms with Crippen LogP contribution in [0, 0.1) is 10.1 Å². The topological polar surface area (TPSA) is 87.8 Å². The van der Waals surface area contributed by atoms with E-state index in [2.05, 4.69) is 21.2 Å². The molecule has 0 aromatic heterocycles. The number of fused-ring (bicyclic) bond motifs is 3. The number of benzene rings is 4.